The second-order valence-electron chi connectivity index (χ2n) is 5.14. The molecule has 0 aliphatic carbocycles. The van der Waals surface area contributed by atoms with Crippen LogP contribution < -0.4 is 11.2 Å². The van der Waals surface area contributed by atoms with Crippen molar-refractivity contribution >= 4 is 11.2 Å². The molecule has 1 aliphatic rings. The van der Waals surface area contributed by atoms with E-state index in [9.17, 15) is 14.7 Å². The van der Waals surface area contributed by atoms with Crippen LogP contribution in [-0.2, 0) is 18.8 Å². The van der Waals surface area contributed by atoms with Crippen LogP contribution in [0.4, 0.5) is 0 Å². The van der Waals surface area contributed by atoms with Gasteiger partial charge in [0.1, 0.15) is 12.3 Å². The summed E-state index contributed by atoms with van der Waals surface area (Å²) < 4.78 is 9.30. The van der Waals surface area contributed by atoms with Gasteiger partial charge in [-0.3, -0.25) is 18.5 Å². The van der Waals surface area contributed by atoms with Crippen LogP contribution in [0.3, 0.4) is 0 Å². The van der Waals surface area contributed by atoms with E-state index in [0.717, 1.165) is 4.57 Å². The van der Waals surface area contributed by atoms with Crippen molar-refractivity contribution in [2.75, 3.05) is 6.61 Å². The molecule has 0 radical (unpaired) electrons. The highest BCUT2D eigenvalue weighted by molar-refractivity contribution is 5.70. The van der Waals surface area contributed by atoms with Crippen LogP contribution in [0.25, 0.3) is 11.2 Å². The van der Waals surface area contributed by atoms with Gasteiger partial charge in [0.05, 0.1) is 19.0 Å². The minimum Gasteiger partial charge on any atom is -0.394 e. The third-order valence-electron chi connectivity index (χ3n) is 3.87. The Morgan fingerprint density at radius 1 is 1.38 bits per heavy atom. The van der Waals surface area contributed by atoms with Crippen molar-refractivity contribution in [1.29, 1.82) is 0 Å². The summed E-state index contributed by atoms with van der Waals surface area (Å²) >= 11 is 0. The van der Waals surface area contributed by atoms with Gasteiger partial charge < -0.3 is 14.9 Å². The second kappa shape index (κ2) is 4.79. The molecular formula is C12H16N4O5. The Hall–Kier alpha value is -1.97. The van der Waals surface area contributed by atoms with Crippen LogP contribution in [0.5, 0.6) is 0 Å². The normalized spacial score (nSPS) is 25.8. The summed E-state index contributed by atoms with van der Waals surface area (Å²) in [6, 6.07) is 0. The lowest BCUT2D eigenvalue weighted by atomic mass is 10.2. The molecule has 3 rings (SSSR count). The molecule has 1 saturated heterocycles. The second-order valence-corrected chi connectivity index (χ2v) is 5.14. The first-order chi connectivity index (χ1) is 9.95. The maximum absolute atomic E-state index is 12.3. The molecule has 1 fully saturated rings. The Labute approximate surface area is 118 Å². The molecular weight excluding hydrogens is 280 g/mol. The number of imidazole rings is 1. The summed E-state index contributed by atoms with van der Waals surface area (Å²) in [5.74, 6) is 0. The lowest BCUT2D eigenvalue weighted by molar-refractivity contribution is -0.0431. The lowest BCUT2D eigenvalue weighted by Gasteiger charge is -2.14. The van der Waals surface area contributed by atoms with Gasteiger partial charge in [-0.05, 0) is 0 Å². The van der Waals surface area contributed by atoms with E-state index in [4.69, 9.17) is 9.84 Å². The van der Waals surface area contributed by atoms with E-state index in [1.54, 1.807) is 0 Å². The Morgan fingerprint density at radius 2 is 2.10 bits per heavy atom. The summed E-state index contributed by atoms with van der Waals surface area (Å²) in [6.07, 6.45) is -0.462. The first-order valence-electron chi connectivity index (χ1n) is 6.52. The third kappa shape index (κ3) is 1.93. The topological polar surface area (TPSA) is 112 Å². The molecule has 3 atom stereocenters. The number of aliphatic hydroxyl groups is 2. The predicted octanol–water partition coefficient (Wildman–Crippen LogP) is -1.93. The number of hydrogen-bond acceptors (Lipinski definition) is 6. The van der Waals surface area contributed by atoms with Gasteiger partial charge >= 0.3 is 5.69 Å². The van der Waals surface area contributed by atoms with Gasteiger partial charge in [-0.15, -0.1) is 0 Å². The van der Waals surface area contributed by atoms with Crippen molar-refractivity contribution in [2.45, 2.75) is 24.9 Å². The molecule has 0 bridgehead atoms. The number of rotatable bonds is 2. The molecule has 0 unspecified atom stereocenters. The molecule has 0 aromatic carbocycles. The van der Waals surface area contributed by atoms with Crippen molar-refractivity contribution in [1.82, 2.24) is 18.7 Å². The highest BCUT2D eigenvalue weighted by atomic mass is 16.5. The highest BCUT2D eigenvalue weighted by Crippen LogP contribution is 2.29. The summed E-state index contributed by atoms with van der Waals surface area (Å²) in [5, 5.41) is 18.9. The van der Waals surface area contributed by atoms with Crippen molar-refractivity contribution < 1.29 is 14.9 Å². The van der Waals surface area contributed by atoms with Gasteiger partial charge in [0, 0.05) is 20.5 Å². The fourth-order valence-corrected chi connectivity index (χ4v) is 2.63. The summed E-state index contributed by atoms with van der Waals surface area (Å²) in [5.41, 5.74) is -0.446. The average Bonchev–Trinajstić information content (AvgIpc) is 3.06. The van der Waals surface area contributed by atoms with Crippen molar-refractivity contribution in [3.63, 3.8) is 0 Å². The molecule has 21 heavy (non-hydrogen) atoms. The van der Waals surface area contributed by atoms with Crippen LogP contribution in [0.1, 0.15) is 12.6 Å². The van der Waals surface area contributed by atoms with Crippen LogP contribution in [0.15, 0.2) is 15.9 Å². The molecule has 2 aromatic heterocycles. The highest BCUT2D eigenvalue weighted by Gasteiger charge is 2.35. The summed E-state index contributed by atoms with van der Waals surface area (Å²) in [4.78, 5) is 28.2. The van der Waals surface area contributed by atoms with Gasteiger partial charge in [-0.2, -0.15) is 0 Å². The number of aromatic nitrogens is 4. The fraction of sp³-hybridized carbons (Fsp3) is 0.583. The van der Waals surface area contributed by atoms with Gasteiger partial charge in [0.15, 0.2) is 11.2 Å². The molecule has 2 N–H and O–H groups in total. The number of fused-ring (bicyclic) bond motifs is 1. The van der Waals surface area contributed by atoms with Crippen molar-refractivity contribution in [3.8, 4) is 0 Å². The number of aryl methyl sites for hydroxylation is 1. The zero-order chi connectivity index (χ0) is 15.3. The van der Waals surface area contributed by atoms with Gasteiger partial charge in [0.2, 0.25) is 0 Å². The predicted molar refractivity (Wildman–Crippen MR) is 71.8 cm³/mol. The standard InChI is InChI=1S/C12H16N4O5/c1-14-10-9(11(19)15(2)12(14)20)16(5-13-10)8-3-6(18)7(4-17)21-8/h5-8,17-18H,3-4H2,1-2H3/t6-,7+,8-/m0/s1. The van der Waals surface area contributed by atoms with E-state index < -0.39 is 29.7 Å². The minimum atomic E-state index is -0.811. The Balaban J connectivity index is 2.18. The smallest absolute Gasteiger partial charge is 0.332 e. The van der Waals surface area contributed by atoms with E-state index >= 15 is 0 Å². The SMILES string of the molecule is Cn1c(=O)c2c(ncn2[C@@H]2C[C@H](O)[C@@H](CO)O2)n(C)c1=O. The third-order valence-corrected chi connectivity index (χ3v) is 3.87. The Bertz CT molecular complexity index is 804. The van der Waals surface area contributed by atoms with Crippen LogP contribution in [-0.4, -0.2) is 47.7 Å². The molecule has 1 aliphatic heterocycles. The molecule has 0 saturated carbocycles. The minimum absolute atomic E-state index is 0.232. The molecule has 3 heterocycles. The van der Waals surface area contributed by atoms with Crippen LogP contribution in [0.2, 0.25) is 0 Å². The van der Waals surface area contributed by atoms with E-state index in [-0.39, 0.29) is 24.2 Å². The number of nitrogens with zero attached hydrogens (tertiary/aromatic N) is 4. The molecule has 2 aromatic rings. The summed E-state index contributed by atoms with van der Waals surface area (Å²) in [7, 11) is 2.92. The van der Waals surface area contributed by atoms with E-state index in [1.807, 2.05) is 0 Å². The molecule has 0 spiro atoms. The maximum atomic E-state index is 12.3. The average molecular weight is 296 g/mol. The first-order valence-corrected chi connectivity index (χ1v) is 6.52. The quantitative estimate of drug-likeness (QED) is 0.668. The van der Waals surface area contributed by atoms with Gasteiger partial charge in [-0.25, -0.2) is 9.78 Å². The number of hydrogen-bond donors (Lipinski definition) is 2. The molecule has 9 nitrogen and oxygen atoms in total. The summed E-state index contributed by atoms with van der Waals surface area (Å²) in [6.45, 7) is -0.305. The van der Waals surface area contributed by atoms with Crippen molar-refractivity contribution in [2.24, 2.45) is 14.1 Å². The number of aliphatic hydroxyl groups excluding tert-OH is 2. The zero-order valence-corrected chi connectivity index (χ0v) is 11.6. The Kier molecular flexibility index (Phi) is 3.19. The number of ether oxygens (including phenoxy) is 1. The first kappa shape index (κ1) is 14.0. The van der Waals surface area contributed by atoms with Gasteiger partial charge in [-0.1, -0.05) is 0 Å². The van der Waals surface area contributed by atoms with Crippen molar-refractivity contribution in [3.05, 3.63) is 27.2 Å². The van der Waals surface area contributed by atoms with Crippen LogP contribution >= 0.6 is 0 Å². The zero-order valence-electron chi connectivity index (χ0n) is 11.6. The van der Waals surface area contributed by atoms with Gasteiger partial charge in [0.25, 0.3) is 5.56 Å². The monoisotopic (exact) mass is 296 g/mol. The van der Waals surface area contributed by atoms with E-state index in [1.165, 1.54) is 29.6 Å². The molecule has 9 heteroatoms. The fourth-order valence-electron chi connectivity index (χ4n) is 2.63. The lowest BCUT2D eigenvalue weighted by Crippen LogP contribution is -2.37. The van der Waals surface area contributed by atoms with Crippen LogP contribution in [0, 0.1) is 0 Å². The molecule has 114 valence electrons. The van der Waals surface area contributed by atoms with E-state index in [2.05, 4.69) is 4.98 Å². The molecule has 0 amide bonds. The Morgan fingerprint density at radius 3 is 2.71 bits per heavy atom. The largest absolute Gasteiger partial charge is 0.394 e. The maximum Gasteiger partial charge on any atom is 0.332 e. The van der Waals surface area contributed by atoms with E-state index in [0.29, 0.717) is 0 Å².